The molecule has 3 heteroatoms. The molecule has 0 heterocycles. The number of hydrogen-bond donors (Lipinski definition) is 2. The molecule has 3 nitrogen and oxygen atoms in total. The van der Waals surface area contributed by atoms with E-state index in [1.54, 1.807) is 0 Å². The summed E-state index contributed by atoms with van der Waals surface area (Å²) in [6.07, 6.45) is 2.41. The van der Waals surface area contributed by atoms with Crippen LogP contribution in [0.15, 0.2) is 24.3 Å². The maximum atomic E-state index is 5.57. The first-order valence-corrected chi connectivity index (χ1v) is 5.93. The van der Waals surface area contributed by atoms with Crippen molar-refractivity contribution in [3.05, 3.63) is 24.3 Å². The van der Waals surface area contributed by atoms with Crippen LogP contribution in [-0.4, -0.2) is 19.2 Å². The Labute approximate surface area is 98.0 Å². The number of anilines is 1. The van der Waals surface area contributed by atoms with Crippen LogP contribution in [0.3, 0.4) is 0 Å². The zero-order valence-corrected chi connectivity index (χ0v) is 10.2. The monoisotopic (exact) mass is 222 g/mol. The van der Waals surface area contributed by atoms with Crippen molar-refractivity contribution in [2.45, 2.75) is 32.8 Å². The topological polar surface area (TPSA) is 47.3 Å². The summed E-state index contributed by atoms with van der Waals surface area (Å²) in [4.78, 5) is 0. The van der Waals surface area contributed by atoms with Crippen LogP contribution >= 0.6 is 0 Å². The molecule has 0 radical (unpaired) electrons. The van der Waals surface area contributed by atoms with Gasteiger partial charge in [-0.1, -0.05) is 0 Å². The number of rotatable bonds is 7. The summed E-state index contributed by atoms with van der Waals surface area (Å²) in [5, 5.41) is 3.35. The first kappa shape index (κ1) is 12.8. The van der Waals surface area contributed by atoms with Gasteiger partial charge >= 0.3 is 0 Å². The minimum Gasteiger partial charge on any atom is -0.491 e. The van der Waals surface area contributed by atoms with Gasteiger partial charge in [-0.25, -0.2) is 0 Å². The minimum absolute atomic E-state index is 0.225. The van der Waals surface area contributed by atoms with E-state index in [0.717, 1.165) is 37.4 Å². The third-order valence-corrected chi connectivity index (χ3v) is 2.19. The Kier molecular flexibility index (Phi) is 5.72. The van der Waals surface area contributed by atoms with E-state index in [-0.39, 0.29) is 6.10 Å². The van der Waals surface area contributed by atoms with Crippen molar-refractivity contribution in [1.82, 2.24) is 0 Å². The van der Waals surface area contributed by atoms with E-state index < -0.39 is 0 Å². The van der Waals surface area contributed by atoms with E-state index in [9.17, 15) is 0 Å². The van der Waals surface area contributed by atoms with Crippen LogP contribution in [0.4, 0.5) is 5.69 Å². The number of benzene rings is 1. The van der Waals surface area contributed by atoms with Crippen LogP contribution in [0, 0.1) is 0 Å². The van der Waals surface area contributed by atoms with E-state index in [1.165, 1.54) is 0 Å². The predicted molar refractivity (Wildman–Crippen MR) is 69.0 cm³/mol. The minimum atomic E-state index is 0.225. The van der Waals surface area contributed by atoms with Gasteiger partial charge in [-0.05, 0) is 57.5 Å². The number of hydrogen-bond acceptors (Lipinski definition) is 3. The van der Waals surface area contributed by atoms with Crippen molar-refractivity contribution >= 4 is 5.69 Å². The fourth-order valence-electron chi connectivity index (χ4n) is 1.43. The first-order valence-electron chi connectivity index (χ1n) is 5.93. The van der Waals surface area contributed by atoms with Crippen molar-refractivity contribution in [3.63, 3.8) is 0 Å². The average molecular weight is 222 g/mol. The zero-order chi connectivity index (χ0) is 11.8. The molecule has 0 unspecified atom stereocenters. The largest absolute Gasteiger partial charge is 0.491 e. The summed E-state index contributed by atoms with van der Waals surface area (Å²) < 4.78 is 5.57. The molecule has 0 saturated carbocycles. The molecule has 0 aliphatic heterocycles. The fourth-order valence-corrected chi connectivity index (χ4v) is 1.43. The highest BCUT2D eigenvalue weighted by atomic mass is 16.5. The second kappa shape index (κ2) is 7.12. The maximum absolute atomic E-state index is 5.57. The predicted octanol–water partition coefficient (Wildman–Crippen LogP) is 2.62. The van der Waals surface area contributed by atoms with Gasteiger partial charge in [0.1, 0.15) is 5.75 Å². The molecule has 0 aromatic heterocycles. The molecule has 3 N–H and O–H groups in total. The van der Waals surface area contributed by atoms with Crippen LogP contribution in [0.5, 0.6) is 5.75 Å². The van der Waals surface area contributed by atoms with Gasteiger partial charge in [-0.15, -0.1) is 0 Å². The van der Waals surface area contributed by atoms with Gasteiger partial charge in [-0.2, -0.15) is 0 Å². The fraction of sp³-hybridized carbons (Fsp3) is 0.538. The van der Waals surface area contributed by atoms with Crippen molar-refractivity contribution in [2.75, 3.05) is 18.4 Å². The van der Waals surface area contributed by atoms with Crippen LogP contribution in [0.1, 0.15) is 26.7 Å². The Bertz CT molecular complexity index is 282. The molecule has 0 atom stereocenters. The number of nitrogens with two attached hydrogens (primary N) is 1. The lowest BCUT2D eigenvalue weighted by Crippen LogP contribution is -2.06. The van der Waals surface area contributed by atoms with Gasteiger partial charge in [0, 0.05) is 12.2 Å². The third kappa shape index (κ3) is 5.03. The van der Waals surface area contributed by atoms with Gasteiger partial charge < -0.3 is 15.8 Å². The Balaban J connectivity index is 2.33. The Hall–Kier alpha value is -1.22. The molecule has 1 aromatic rings. The van der Waals surface area contributed by atoms with Crippen molar-refractivity contribution in [3.8, 4) is 5.75 Å². The van der Waals surface area contributed by atoms with E-state index >= 15 is 0 Å². The molecule has 0 aliphatic rings. The smallest absolute Gasteiger partial charge is 0.119 e. The lowest BCUT2D eigenvalue weighted by atomic mass is 10.2. The highest BCUT2D eigenvalue weighted by Crippen LogP contribution is 2.16. The molecule has 0 amide bonds. The summed E-state index contributed by atoms with van der Waals surface area (Å²) in [5.74, 6) is 0.919. The second-order valence-corrected chi connectivity index (χ2v) is 4.11. The standard InChI is InChI=1S/C13H22N2O/c1-11(2)16-13-7-5-12(6-8-13)15-10-4-3-9-14/h5-8,11,15H,3-4,9-10,14H2,1-2H3. The lowest BCUT2D eigenvalue weighted by molar-refractivity contribution is 0.242. The first-order chi connectivity index (χ1) is 7.72. The highest BCUT2D eigenvalue weighted by molar-refractivity contribution is 5.46. The molecule has 0 saturated heterocycles. The highest BCUT2D eigenvalue weighted by Gasteiger charge is 1.97. The third-order valence-electron chi connectivity index (χ3n) is 2.19. The quantitative estimate of drug-likeness (QED) is 0.697. The number of nitrogens with one attached hydrogen (secondary N) is 1. The molecule has 1 aromatic carbocycles. The van der Waals surface area contributed by atoms with Crippen LogP contribution in [-0.2, 0) is 0 Å². The van der Waals surface area contributed by atoms with Crippen LogP contribution < -0.4 is 15.8 Å². The average Bonchev–Trinajstić information content (AvgIpc) is 2.26. The van der Waals surface area contributed by atoms with E-state index in [4.69, 9.17) is 10.5 Å². The molecule has 0 fully saturated rings. The molecule has 90 valence electrons. The maximum Gasteiger partial charge on any atom is 0.119 e. The SMILES string of the molecule is CC(C)Oc1ccc(NCCCCN)cc1. The van der Waals surface area contributed by atoms with Gasteiger partial charge in [0.2, 0.25) is 0 Å². The number of ether oxygens (including phenoxy) is 1. The van der Waals surface area contributed by atoms with Crippen LogP contribution in [0.2, 0.25) is 0 Å². The molecule has 0 bridgehead atoms. The van der Waals surface area contributed by atoms with Gasteiger partial charge in [0.15, 0.2) is 0 Å². The lowest BCUT2D eigenvalue weighted by Gasteiger charge is -2.11. The molecule has 1 rings (SSSR count). The Morgan fingerprint density at radius 3 is 2.44 bits per heavy atom. The van der Waals surface area contributed by atoms with E-state index in [1.807, 2.05) is 38.1 Å². The van der Waals surface area contributed by atoms with Crippen molar-refractivity contribution < 1.29 is 4.74 Å². The van der Waals surface area contributed by atoms with Gasteiger partial charge in [0.05, 0.1) is 6.10 Å². The molecular formula is C13H22N2O. The molecule has 16 heavy (non-hydrogen) atoms. The summed E-state index contributed by atoms with van der Waals surface area (Å²) in [7, 11) is 0. The summed E-state index contributed by atoms with van der Waals surface area (Å²) in [6.45, 7) is 5.79. The molecular weight excluding hydrogens is 200 g/mol. The summed E-state index contributed by atoms with van der Waals surface area (Å²) >= 11 is 0. The van der Waals surface area contributed by atoms with Crippen molar-refractivity contribution in [1.29, 1.82) is 0 Å². The van der Waals surface area contributed by atoms with Crippen LogP contribution in [0.25, 0.3) is 0 Å². The summed E-state index contributed by atoms with van der Waals surface area (Å²) in [5.41, 5.74) is 6.56. The number of unbranched alkanes of at least 4 members (excludes halogenated alkanes) is 1. The second-order valence-electron chi connectivity index (χ2n) is 4.11. The zero-order valence-electron chi connectivity index (χ0n) is 10.2. The Morgan fingerprint density at radius 1 is 1.19 bits per heavy atom. The molecule has 0 aliphatic carbocycles. The van der Waals surface area contributed by atoms with Gasteiger partial charge in [-0.3, -0.25) is 0 Å². The Morgan fingerprint density at radius 2 is 1.88 bits per heavy atom. The summed E-state index contributed by atoms with van der Waals surface area (Å²) in [6, 6.07) is 8.07. The van der Waals surface area contributed by atoms with E-state index in [0.29, 0.717) is 0 Å². The van der Waals surface area contributed by atoms with Gasteiger partial charge in [0.25, 0.3) is 0 Å². The van der Waals surface area contributed by atoms with E-state index in [2.05, 4.69) is 5.32 Å². The van der Waals surface area contributed by atoms with Crippen molar-refractivity contribution in [2.24, 2.45) is 5.73 Å². The molecule has 0 spiro atoms. The normalized spacial score (nSPS) is 10.5.